The van der Waals surface area contributed by atoms with Gasteiger partial charge in [-0.05, 0) is 37.8 Å². The van der Waals surface area contributed by atoms with Gasteiger partial charge >= 0.3 is 12.1 Å². The lowest BCUT2D eigenvalue weighted by Crippen LogP contribution is -2.65. The number of ether oxygens (including phenoxy) is 1. The topological polar surface area (TPSA) is 66.8 Å². The Morgan fingerprint density at radius 1 is 1.22 bits per heavy atom. The first-order chi connectivity index (χ1) is 10.6. The van der Waals surface area contributed by atoms with Crippen LogP contribution in [0.2, 0.25) is 0 Å². The van der Waals surface area contributed by atoms with Crippen LogP contribution in [-0.2, 0) is 14.9 Å². The Morgan fingerprint density at radius 3 is 2.26 bits per heavy atom. The van der Waals surface area contributed by atoms with Gasteiger partial charge in [-0.25, -0.2) is 4.79 Å². The second-order valence-corrected chi connectivity index (χ2v) is 7.47. The molecule has 1 fully saturated rings. The predicted octanol–water partition coefficient (Wildman–Crippen LogP) is 3.38. The maximum atomic E-state index is 12.1. The quantitative estimate of drug-likeness (QED) is 0.927. The molecule has 0 aliphatic carbocycles. The molecule has 1 heterocycles. The van der Waals surface area contributed by atoms with Gasteiger partial charge in [-0.1, -0.05) is 38.1 Å². The monoisotopic (exact) mass is 319 g/mol. The first-order valence-electron chi connectivity index (χ1n) is 7.87. The van der Waals surface area contributed by atoms with Crippen LogP contribution in [0.4, 0.5) is 4.79 Å². The summed E-state index contributed by atoms with van der Waals surface area (Å²) in [6.07, 6.45) is -0.462. The summed E-state index contributed by atoms with van der Waals surface area (Å²) >= 11 is 0. The number of benzene rings is 1. The molecule has 1 saturated heterocycles. The number of carbonyl (C=O) groups is 2. The van der Waals surface area contributed by atoms with Gasteiger partial charge in [0.05, 0.1) is 0 Å². The van der Waals surface area contributed by atoms with Crippen LogP contribution in [0.3, 0.4) is 0 Å². The van der Waals surface area contributed by atoms with E-state index in [4.69, 9.17) is 4.74 Å². The van der Waals surface area contributed by atoms with Gasteiger partial charge in [-0.2, -0.15) is 0 Å². The fourth-order valence-electron chi connectivity index (χ4n) is 2.92. The number of hydrogen-bond donors (Lipinski definition) is 1. The predicted molar refractivity (Wildman–Crippen MR) is 87.7 cm³/mol. The van der Waals surface area contributed by atoms with Gasteiger partial charge in [-0.3, -0.25) is 4.79 Å². The average Bonchev–Trinajstić information content (AvgIpc) is 2.35. The highest BCUT2D eigenvalue weighted by Crippen LogP contribution is 2.39. The molecule has 1 amide bonds. The van der Waals surface area contributed by atoms with Gasteiger partial charge < -0.3 is 14.7 Å². The molecule has 0 bridgehead atoms. The Hall–Kier alpha value is -2.04. The maximum absolute atomic E-state index is 12.1. The minimum absolute atomic E-state index is 0.140. The van der Waals surface area contributed by atoms with Crippen molar-refractivity contribution in [2.24, 2.45) is 0 Å². The molecule has 0 radical (unpaired) electrons. The zero-order chi connectivity index (χ0) is 17.4. The molecule has 0 aromatic heterocycles. The second kappa shape index (κ2) is 5.87. The minimum Gasteiger partial charge on any atom is -0.480 e. The number of carboxylic acids is 1. The molecule has 0 atom stereocenters. The van der Waals surface area contributed by atoms with E-state index in [1.54, 1.807) is 20.8 Å². The van der Waals surface area contributed by atoms with E-state index in [1.807, 2.05) is 38.1 Å². The molecular formula is C18H25NO4. The molecule has 1 aromatic carbocycles. The highest BCUT2D eigenvalue weighted by molar-refractivity contribution is 5.87. The molecule has 1 N–H and O–H groups in total. The zero-order valence-corrected chi connectivity index (χ0v) is 14.4. The molecule has 2 rings (SSSR count). The largest absolute Gasteiger partial charge is 0.480 e. The molecular weight excluding hydrogens is 294 g/mol. The number of carbonyl (C=O) groups excluding carboxylic acids is 1. The summed E-state index contributed by atoms with van der Waals surface area (Å²) in [5.41, 5.74) is 0.174. The number of rotatable bonds is 3. The number of amides is 1. The Labute approximate surface area is 137 Å². The summed E-state index contributed by atoms with van der Waals surface area (Å²) in [6, 6.07) is 7.58. The molecule has 5 nitrogen and oxygen atoms in total. The van der Waals surface area contributed by atoms with Crippen LogP contribution in [0.15, 0.2) is 24.3 Å². The number of hydrogen-bond acceptors (Lipinski definition) is 3. The molecule has 0 saturated carbocycles. The Morgan fingerprint density at radius 2 is 1.78 bits per heavy atom. The fourth-order valence-corrected chi connectivity index (χ4v) is 2.92. The van der Waals surface area contributed by atoms with E-state index in [-0.39, 0.29) is 19.0 Å². The molecule has 1 aromatic rings. The van der Waals surface area contributed by atoms with Crippen LogP contribution in [0.1, 0.15) is 51.7 Å². The van der Waals surface area contributed by atoms with Crippen molar-refractivity contribution in [3.8, 4) is 0 Å². The standard InChI is InChI=1S/C18H25NO4/c1-12(2)13-8-6-7-9-14(13)18(15(20)21)10-19(11-18)16(22)23-17(3,4)5/h6-9,12H,10-11H2,1-5H3,(H,20,21). The SMILES string of the molecule is CC(C)c1ccccc1C1(C(=O)O)CN(C(=O)OC(C)(C)C)C1. The Balaban J connectivity index is 2.26. The van der Waals surface area contributed by atoms with Gasteiger partial charge in [0.15, 0.2) is 0 Å². The van der Waals surface area contributed by atoms with Gasteiger partial charge in [0.25, 0.3) is 0 Å². The minimum atomic E-state index is -1.04. The van der Waals surface area contributed by atoms with Crippen LogP contribution in [0.25, 0.3) is 0 Å². The number of carboxylic acid groups (broad SMARTS) is 1. The Kier molecular flexibility index (Phi) is 4.42. The van der Waals surface area contributed by atoms with Crippen LogP contribution in [0, 0.1) is 0 Å². The summed E-state index contributed by atoms with van der Waals surface area (Å²) in [6.45, 7) is 9.74. The van der Waals surface area contributed by atoms with E-state index in [2.05, 4.69) is 0 Å². The third-order valence-electron chi connectivity index (χ3n) is 4.08. The molecule has 5 heteroatoms. The Bertz CT molecular complexity index is 610. The zero-order valence-electron chi connectivity index (χ0n) is 14.4. The molecule has 23 heavy (non-hydrogen) atoms. The van der Waals surface area contributed by atoms with Crippen molar-refractivity contribution < 1.29 is 19.4 Å². The maximum Gasteiger partial charge on any atom is 0.410 e. The molecule has 1 aliphatic heterocycles. The van der Waals surface area contributed by atoms with E-state index in [9.17, 15) is 14.7 Å². The van der Waals surface area contributed by atoms with Crippen LogP contribution < -0.4 is 0 Å². The third kappa shape index (κ3) is 3.33. The lowest BCUT2D eigenvalue weighted by molar-refractivity contribution is -0.150. The lowest BCUT2D eigenvalue weighted by Gasteiger charge is -2.48. The first kappa shape index (κ1) is 17.3. The first-order valence-corrected chi connectivity index (χ1v) is 7.87. The fraction of sp³-hybridized carbons (Fsp3) is 0.556. The van der Waals surface area contributed by atoms with Gasteiger partial charge in [0, 0.05) is 13.1 Å². The van der Waals surface area contributed by atoms with Crippen molar-refractivity contribution in [1.29, 1.82) is 0 Å². The van der Waals surface area contributed by atoms with Gasteiger partial charge in [0.2, 0.25) is 0 Å². The van der Waals surface area contributed by atoms with Crippen molar-refractivity contribution in [2.75, 3.05) is 13.1 Å². The second-order valence-electron chi connectivity index (χ2n) is 7.47. The molecule has 0 spiro atoms. The number of nitrogens with zero attached hydrogens (tertiary/aromatic N) is 1. The van der Waals surface area contributed by atoms with Gasteiger partial charge in [0.1, 0.15) is 11.0 Å². The van der Waals surface area contributed by atoms with E-state index in [1.165, 1.54) is 4.90 Å². The summed E-state index contributed by atoms with van der Waals surface area (Å²) in [5.74, 6) is -0.677. The normalized spacial score (nSPS) is 16.9. The summed E-state index contributed by atoms with van der Waals surface area (Å²) < 4.78 is 5.32. The van der Waals surface area contributed by atoms with E-state index in [0.717, 1.165) is 11.1 Å². The summed E-state index contributed by atoms with van der Waals surface area (Å²) in [7, 11) is 0. The van der Waals surface area contributed by atoms with Crippen molar-refractivity contribution in [2.45, 2.75) is 51.6 Å². The van der Waals surface area contributed by atoms with Gasteiger partial charge in [-0.15, -0.1) is 0 Å². The highest BCUT2D eigenvalue weighted by atomic mass is 16.6. The number of aliphatic carboxylic acids is 1. The molecule has 1 aliphatic rings. The van der Waals surface area contributed by atoms with E-state index < -0.39 is 23.1 Å². The summed E-state index contributed by atoms with van der Waals surface area (Å²) in [5, 5.41) is 9.80. The van der Waals surface area contributed by atoms with Crippen molar-refractivity contribution in [3.63, 3.8) is 0 Å². The smallest absolute Gasteiger partial charge is 0.410 e. The third-order valence-corrected chi connectivity index (χ3v) is 4.08. The average molecular weight is 319 g/mol. The molecule has 126 valence electrons. The molecule has 0 unspecified atom stereocenters. The number of likely N-dealkylation sites (tertiary alicyclic amines) is 1. The van der Waals surface area contributed by atoms with Crippen molar-refractivity contribution >= 4 is 12.1 Å². The van der Waals surface area contributed by atoms with Crippen LogP contribution in [0.5, 0.6) is 0 Å². The van der Waals surface area contributed by atoms with Crippen LogP contribution >= 0.6 is 0 Å². The van der Waals surface area contributed by atoms with Crippen LogP contribution in [-0.4, -0.2) is 40.8 Å². The van der Waals surface area contributed by atoms with Crippen molar-refractivity contribution in [1.82, 2.24) is 4.90 Å². The summed E-state index contributed by atoms with van der Waals surface area (Å²) in [4.78, 5) is 25.5. The highest BCUT2D eigenvalue weighted by Gasteiger charge is 2.54. The van der Waals surface area contributed by atoms with E-state index >= 15 is 0 Å². The van der Waals surface area contributed by atoms with Crippen molar-refractivity contribution in [3.05, 3.63) is 35.4 Å². The lowest BCUT2D eigenvalue weighted by atomic mass is 9.70. The van der Waals surface area contributed by atoms with E-state index in [0.29, 0.717) is 0 Å².